The summed E-state index contributed by atoms with van der Waals surface area (Å²) in [5.74, 6) is 0. The third kappa shape index (κ3) is 4.48. The van der Waals surface area contributed by atoms with Gasteiger partial charge in [0, 0.05) is 22.3 Å². The molecule has 0 amide bonds. The van der Waals surface area contributed by atoms with Crippen molar-refractivity contribution < 1.29 is 0 Å². The molecular weight excluding hydrogens is 536 g/mol. The largest absolute Gasteiger partial charge is 0.354 e. The van der Waals surface area contributed by atoms with Crippen LogP contribution in [-0.4, -0.2) is 19.9 Å². The van der Waals surface area contributed by atoms with Gasteiger partial charge in [0.15, 0.2) is 0 Å². The Labute approximate surface area is 264 Å². The molecule has 8 bridgehead atoms. The number of H-pyrrole nitrogens is 4. The molecule has 0 saturated carbocycles. The molecule has 4 nitrogen and oxygen atoms in total. The van der Waals surface area contributed by atoms with Crippen LogP contribution in [0.1, 0.15) is 145 Å². The molecule has 232 valence electrons. The zero-order valence-electron chi connectivity index (χ0n) is 28.5. The van der Waals surface area contributed by atoms with Crippen LogP contribution in [-0.2, 0) is 51.4 Å². The summed E-state index contributed by atoms with van der Waals surface area (Å²) in [4.78, 5) is 15.5. The Hall–Kier alpha value is -3.92. The fourth-order valence-electron chi connectivity index (χ4n) is 7.99. The maximum Gasteiger partial charge on any atom is 0.0509 e. The minimum atomic E-state index is 0.919. The third-order valence-corrected chi connectivity index (χ3v) is 10.1. The van der Waals surface area contributed by atoms with Gasteiger partial charge < -0.3 is 19.9 Å². The number of nitrogens with one attached hydrogen (secondary N) is 4. The highest BCUT2D eigenvalue weighted by Gasteiger charge is 2.29. The molecule has 0 aliphatic carbocycles. The molecule has 1 aliphatic heterocycles. The number of hydrogen-bond acceptors (Lipinski definition) is 0. The van der Waals surface area contributed by atoms with Crippen LogP contribution in [0.2, 0.25) is 0 Å². The van der Waals surface area contributed by atoms with Crippen LogP contribution in [0.5, 0.6) is 0 Å². The van der Waals surface area contributed by atoms with Gasteiger partial charge in [-0.2, -0.15) is 0 Å². The predicted molar refractivity (Wildman–Crippen MR) is 191 cm³/mol. The summed E-state index contributed by atoms with van der Waals surface area (Å²) in [6, 6.07) is 0. The van der Waals surface area contributed by atoms with E-state index < -0.39 is 0 Å². The monoisotopic (exact) mass is 588 g/mol. The maximum absolute atomic E-state index is 4.74. The lowest BCUT2D eigenvalue weighted by Crippen LogP contribution is -1.97. The van der Waals surface area contributed by atoms with Crippen molar-refractivity contribution >= 4 is 22.3 Å². The van der Waals surface area contributed by atoms with Gasteiger partial charge in [-0.15, -0.1) is 0 Å². The average molecular weight is 589 g/mol. The van der Waals surface area contributed by atoms with Crippen molar-refractivity contribution in [3.05, 3.63) is 116 Å². The van der Waals surface area contributed by atoms with E-state index in [1.54, 1.807) is 0 Å². The second-order valence-electron chi connectivity index (χ2n) is 12.1. The van der Waals surface area contributed by atoms with Crippen molar-refractivity contribution in [1.82, 2.24) is 19.9 Å². The minimum Gasteiger partial charge on any atom is -0.354 e. The molecule has 4 heteroatoms. The van der Waals surface area contributed by atoms with E-state index in [1.807, 2.05) is 0 Å². The summed E-state index contributed by atoms with van der Waals surface area (Å²) >= 11 is 0. The van der Waals surface area contributed by atoms with E-state index in [0.717, 1.165) is 119 Å². The van der Waals surface area contributed by atoms with Crippen LogP contribution in [0.3, 0.4) is 0 Å². The van der Waals surface area contributed by atoms with Crippen LogP contribution in [0, 0.1) is 0 Å². The smallest absolute Gasteiger partial charge is 0.0509 e. The third-order valence-electron chi connectivity index (χ3n) is 10.1. The number of aromatic nitrogens is 4. The van der Waals surface area contributed by atoms with E-state index in [-0.39, 0.29) is 0 Å². The van der Waals surface area contributed by atoms with E-state index >= 15 is 0 Å². The molecule has 4 aromatic rings. The Morgan fingerprint density at radius 2 is 0.386 bits per heavy atom. The lowest BCUT2D eigenvalue weighted by atomic mass is 9.92. The van der Waals surface area contributed by atoms with Crippen molar-refractivity contribution in [3.8, 4) is 0 Å². The molecule has 0 aromatic carbocycles. The van der Waals surface area contributed by atoms with Gasteiger partial charge in [0.25, 0.3) is 0 Å². The second-order valence-corrected chi connectivity index (χ2v) is 12.1. The molecule has 1 aliphatic rings. The topological polar surface area (TPSA) is 63.2 Å². The highest BCUT2D eigenvalue weighted by Crippen LogP contribution is 2.42. The molecule has 44 heavy (non-hydrogen) atoms. The lowest BCUT2D eigenvalue weighted by molar-refractivity contribution is 1.03. The van der Waals surface area contributed by atoms with Crippen LogP contribution >= 0.6 is 0 Å². The van der Waals surface area contributed by atoms with Crippen LogP contribution < -0.4 is 0 Å². The molecular formula is C40H52N4. The van der Waals surface area contributed by atoms with E-state index in [9.17, 15) is 0 Å². The first kappa shape index (κ1) is 31.5. The summed E-state index contributed by atoms with van der Waals surface area (Å²) in [5.41, 5.74) is 23.5. The van der Waals surface area contributed by atoms with Crippen molar-refractivity contribution in [2.45, 2.75) is 107 Å². The Bertz CT molecular complexity index is 1420. The summed E-state index contributed by atoms with van der Waals surface area (Å²) < 4.78 is 0. The highest BCUT2D eigenvalue weighted by atomic mass is 14.8. The van der Waals surface area contributed by atoms with Crippen molar-refractivity contribution in [2.24, 2.45) is 0 Å². The molecule has 0 unspecified atom stereocenters. The van der Waals surface area contributed by atoms with Crippen molar-refractivity contribution in [3.63, 3.8) is 0 Å². The van der Waals surface area contributed by atoms with Crippen LogP contribution in [0.25, 0.3) is 22.3 Å². The van der Waals surface area contributed by atoms with Gasteiger partial charge in [-0.05, 0) is 95.9 Å². The van der Waals surface area contributed by atoms with Crippen molar-refractivity contribution in [1.29, 1.82) is 0 Å². The number of hydrogen-bond donors (Lipinski definition) is 4. The predicted octanol–water partition coefficient (Wildman–Crippen LogP) is 10.1. The molecule has 0 atom stereocenters. The van der Waals surface area contributed by atoms with Gasteiger partial charge in [-0.3, -0.25) is 0 Å². The van der Waals surface area contributed by atoms with Gasteiger partial charge >= 0.3 is 0 Å². The SMILES string of the molecule is C=C1c2[nH]c(c(CC)c2CC)C(=C)c2[nH]c(c(CC)c2CC)C(=C)c2[nH]c(c(CC)c2CC)C(=C)c2[nH]c1c(CC)c2CC. The van der Waals surface area contributed by atoms with Gasteiger partial charge in [-0.25, -0.2) is 0 Å². The van der Waals surface area contributed by atoms with Crippen LogP contribution in [0.15, 0.2) is 26.3 Å². The summed E-state index contributed by atoms with van der Waals surface area (Å²) in [5, 5.41) is 0. The molecule has 4 N–H and O–H groups in total. The first-order chi connectivity index (χ1) is 21.2. The van der Waals surface area contributed by atoms with Gasteiger partial charge in [0.1, 0.15) is 0 Å². The Kier molecular flexibility index (Phi) is 8.75. The number of rotatable bonds is 8. The van der Waals surface area contributed by atoms with E-state index in [4.69, 9.17) is 26.3 Å². The standard InChI is InChI=1S/C40H52N4/c1-13-25-26(14-2)34-22(10)36-29(17-5)30(18-6)38(43-36)24(12)40-32(20-8)31(19-7)39(44-40)23(11)37-28(16-4)27(15-3)35(42-37)21(9)33(25)41-34/h41-44H,9-20H2,1-8H3. The zero-order chi connectivity index (χ0) is 32.0. The first-order valence-electron chi connectivity index (χ1n) is 16.9. The van der Waals surface area contributed by atoms with E-state index in [0.29, 0.717) is 0 Å². The van der Waals surface area contributed by atoms with Crippen LogP contribution in [0.4, 0.5) is 0 Å². The fraction of sp³-hybridized carbons (Fsp3) is 0.400. The molecule has 0 spiro atoms. The number of aromatic amines is 4. The Morgan fingerprint density at radius 3 is 0.477 bits per heavy atom. The highest BCUT2D eigenvalue weighted by molar-refractivity contribution is 5.90. The summed E-state index contributed by atoms with van der Waals surface area (Å²) in [6.07, 6.45) is 7.35. The van der Waals surface area contributed by atoms with Gasteiger partial charge in [-0.1, -0.05) is 81.7 Å². The minimum absolute atomic E-state index is 0.919. The lowest BCUT2D eigenvalue weighted by Gasteiger charge is -2.09. The van der Waals surface area contributed by atoms with Gasteiger partial charge in [0.2, 0.25) is 0 Å². The summed E-state index contributed by atoms with van der Waals surface area (Å²) in [6.45, 7) is 36.9. The molecule has 0 fully saturated rings. The summed E-state index contributed by atoms with van der Waals surface area (Å²) in [7, 11) is 0. The quantitative estimate of drug-likeness (QED) is 0.139. The first-order valence-corrected chi connectivity index (χ1v) is 16.9. The molecule has 5 heterocycles. The van der Waals surface area contributed by atoms with Crippen molar-refractivity contribution in [2.75, 3.05) is 0 Å². The normalized spacial score (nSPS) is 13.5. The second kappa shape index (κ2) is 12.2. The fourth-order valence-corrected chi connectivity index (χ4v) is 7.99. The average Bonchev–Trinajstić information content (AvgIpc) is 3.80. The zero-order valence-corrected chi connectivity index (χ0v) is 28.5. The maximum atomic E-state index is 4.74. The molecule has 0 saturated heterocycles. The van der Waals surface area contributed by atoms with Gasteiger partial charge in [0.05, 0.1) is 45.6 Å². The molecule has 0 radical (unpaired) electrons. The van der Waals surface area contributed by atoms with E-state index in [2.05, 4.69) is 75.3 Å². The Morgan fingerprint density at radius 1 is 0.273 bits per heavy atom. The molecule has 4 aromatic heterocycles. The van der Waals surface area contributed by atoms with E-state index in [1.165, 1.54) is 44.5 Å². The Balaban J connectivity index is 1.94. The molecule has 5 rings (SSSR count). The number of fused-ring (bicyclic) bond motifs is 8.